The first-order chi connectivity index (χ1) is 10.0. The Morgan fingerprint density at radius 3 is 2.81 bits per heavy atom. The van der Waals surface area contributed by atoms with Gasteiger partial charge in [0, 0.05) is 5.56 Å². The largest absolute Gasteiger partial charge is 0.468 e. The second kappa shape index (κ2) is 6.30. The Bertz CT molecular complexity index is 725. The van der Waals surface area contributed by atoms with E-state index < -0.39 is 5.97 Å². The van der Waals surface area contributed by atoms with E-state index in [1.54, 1.807) is 18.2 Å². The Morgan fingerprint density at radius 2 is 2.19 bits per heavy atom. The molecule has 0 saturated carbocycles. The smallest absolute Gasteiger partial charge is 0.327 e. The highest BCUT2D eigenvalue weighted by atomic mass is 19.1. The molecule has 1 aromatic carbocycles. The fourth-order valence-electron chi connectivity index (χ4n) is 2.02. The van der Waals surface area contributed by atoms with Crippen molar-refractivity contribution >= 4 is 5.97 Å². The topological polar surface area (TPSA) is 68.0 Å². The molecule has 21 heavy (non-hydrogen) atoms. The van der Waals surface area contributed by atoms with Gasteiger partial charge in [0.2, 0.25) is 0 Å². The average molecular weight is 289 g/mol. The maximum absolute atomic E-state index is 13.4. The van der Waals surface area contributed by atoms with Crippen LogP contribution in [0.3, 0.4) is 0 Å². The highest BCUT2D eigenvalue weighted by Gasteiger charge is 2.11. The van der Waals surface area contributed by atoms with E-state index in [9.17, 15) is 9.18 Å². The summed E-state index contributed by atoms with van der Waals surface area (Å²) in [6.45, 7) is 1.79. The molecule has 1 aromatic heterocycles. The monoisotopic (exact) mass is 289 g/mol. The molecule has 0 unspecified atom stereocenters. The molecule has 5 nitrogen and oxygen atoms in total. The summed E-state index contributed by atoms with van der Waals surface area (Å²) in [6, 6.07) is 7.74. The zero-order valence-corrected chi connectivity index (χ0v) is 11.9. The van der Waals surface area contributed by atoms with Gasteiger partial charge in [-0.3, -0.25) is 10.2 Å². The third-order valence-electron chi connectivity index (χ3n) is 3.09. The quantitative estimate of drug-likeness (QED) is 0.874. The van der Waals surface area contributed by atoms with Gasteiger partial charge in [-0.05, 0) is 30.2 Å². The number of nitrogens with zero attached hydrogens (tertiary/aromatic N) is 2. The highest BCUT2D eigenvalue weighted by molar-refractivity contribution is 5.69. The van der Waals surface area contributed by atoms with E-state index in [2.05, 4.69) is 9.84 Å². The van der Waals surface area contributed by atoms with E-state index in [0.29, 0.717) is 23.2 Å². The Hall–Kier alpha value is -2.50. The Morgan fingerprint density at radius 1 is 1.43 bits per heavy atom. The fraction of sp³-hybridized carbons (Fsp3) is 0.267. The number of esters is 1. The van der Waals surface area contributed by atoms with Crippen molar-refractivity contribution < 1.29 is 13.9 Å². The third-order valence-corrected chi connectivity index (χ3v) is 3.09. The summed E-state index contributed by atoms with van der Waals surface area (Å²) < 4.78 is 19.2. The van der Waals surface area contributed by atoms with Gasteiger partial charge < -0.3 is 4.74 Å². The molecule has 0 aliphatic heterocycles. The number of aryl methyl sites for hydroxylation is 1. The molecule has 0 fully saturated rings. The van der Waals surface area contributed by atoms with Crippen molar-refractivity contribution in [2.24, 2.45) is 0 Å². The predicted octanol–water partition coefficient (Wildman–Crippen LogP) is 1.90. The van der Waals surface area contributed by atoms with Gasteiger partial charge in [0.1, 0.15) is 17.8 Å². The molecule has 2 rings (SSSR count). The molecule has 0 aliphatic carbocycles. The molecular formula is C15H16FN3O2. The van der Waals surface area contributed by atoms with E-state index in [1.165, 1.54) is 23.9 Å². The predicted molar refractivity (Wildman–Crippen MR) is 74.9 cm³/mol. The SMILES string of the molecule is CCc1nn(CC(=O)OC)c(=N)cc1-c1cccc(F)c1. The van der Waals surface area contributed by atoms with Crippen LogP contribution in [0.5, 0.6) is 0 Å². The normalized spacial score (nSPS) is 10.4. The molecular weight excluding hydrogens is 273 g/mol. The lowest BCUT2D eigenvalue weighted by Crippen LogP contribution is -2.28. The summed E-state index contributed by atoms with van der Waals surface area (Å²) in [5.74, 6) is -0.811. The third kappa shape index (κ3) is 3.34. The van der Waals surface area contributed by atoms with Gasteiger partial charge in [-0.15, -0.1) is 0 Å². The van der Waals surface area contributed by atoms with Crippen molar-refractivity contribution in [2.45, 2.75) is 19.9 Å². The van der Waals surface area contributed by atoms with Gasteiger partial charge in [-0.25, -0.2) is 9.07 Å². The van der Waals surface area contributed by atoms with Crippen LogP contribution in [0, 0.1) is 11.2 Å². The van der Waals surface area contributed by atoms with Crippen molar-refractivity contribution in [2.75, 3.05) is 7.11 Å². The van der Waals surface area contributed by atoms with Crippen molar-refractivity contribution in [1.82, 2.24) is 9.78 Å². The number of benzene rings is 1. The average Bonchev–Trinajstić information content (AvgIpc) is 2.48. The van der Waals surface area contributed by atoms with Crippen LogP contribution in [0.4, 0.5) is 4.39 Å². The van der Waals surface area contributed by atoms with Gasteiger partial charge >= 0.3 is 5.97 Å². The summed E-state index contributed by atoms with van der Waals surface area (Å²) in [6.07, 6.45) is 0.604. The Labute approximate surface area is 121 Å². The second-order valence-corrected chi connectivity index (χ2v) is 4.49. The highest BCUT2D eigenvalue weighted by Crippen LogP contribution is 2.21. The van der Waals surface area contributed by atoms with Crippen molar-refractivity contribution in [3.05, 3.63) is 47.3 Å². The zero-order valence-electron chi connectivity index (χ0n) is 11.9. The number of halogens is 1. The van der Waals surface area contributed by atoms with Crippen LogP contribution >= 0.6 is 0 Å². The number of rotatable bonds is 4. The first kappa shape index (κ1) is 14.9. The summed E-state index contributed by atoms with van der Waals surface area (Å²) in [7, 11) is 1.29. The van der Waals surface area contributed by atoms with Crippen molar-refractivity contribution in [3.63, 3.8) is 0 Å². The Balaban J connectivity index is 2.51. The molecule has 0 amide bonds. The second-order valence-electron chi connectivity index (χ2n) is 4.49. The number of carbonyl (C=O) groups is 1. The van der Waals surface area contributed by atoms with Gasteiger partial charge in [0.05, 0.1) is 12.8 Å². The summed E-state index contributed by atoms with van der Waals surface area (Å²) in [5.41, 5.74) is 2.12. The van der Waals surface area contributed by atoms with Crippen LogP contribution in [0.15, 0.2) is 30.3 Å². The maximum atomic E-state index is 13.4. The van der Waals surface area contributed by atoms with E-state index in [-0.39, 0.29) is 17.8 Å². The van der Waals surface area contributed by atoms with Crippen LogP contribution in [0.1, 0.15) is 12.6 Å². The van der Waals surface area contributed by atoms with Crippen molar-refractivity contribution in [3.8, 4) is 11.1 Å². The minimum Gasteiger partial charge on any atom is -0.468 e. The van der Waals surface area contributed by atoms with Crippen LogP contribution in [-0.4, -0.2) is 22.9 Å². The minimum atomic E-state index is -0.471. The lowest BCUT2D eigenvalue weighted by molar-refractivity contribution is -0.141. The van der Waals surface area contributed by atoms with E-state index >= 15 is 0 Å². The van der Waals surface area contributed by atoms with Gasteiger partial charge in [0.25, 0.3) is 0 Å². The van der Waals surface area contributed by atoms with Crippen molar-refractivity contribution in [1.29, 1.82) is 5.41 Å². The summed E-state index contributed by atoms with van der Waals surface area (Å²) in [4.78, 5) is 11.3. The molecule has 2 aromatic rings. The molecule has 0 radical (unpaired) electrons. The number of methoxy groups -OCH3 is 1. The zero-order chi connectivity index (χ0) is 15.4. The standard InChI is InChI=1S/C15H16FN3O2/c1-3-13-12(10-5-4-6-11(16)7-10)8-14(17)19(18-13)9-15(20)21-2/h4-8,17H,3,9H2,1-2H3. The summed E-state index contributed by atoms with van der Waals surface area (Å²) in [5, 5.41) is 12.2. The lowest BCUT2D eigenvalue weighted by atomic mass is 10.0. The first-order valence-electron chi connectivity index (χ1n) is 6.53. The number of hydrogen-bond donors (Lipinski definition) is 1. The van der Waals surface area contributed by atoms with E-state index in [4.69, 9.17) is 5.41 Å². The fourth-order valence-corrected chi connectivity index (χ4v) is 2.02. The molecule has 110 valence electrons. The summed E-state index contributed by atoms with van der Waals surface area (Å²) >= 11 is 0. The number of aromatic nitrogens is 2. The number of hydrogen-bond acceptors (Lipinski definition) is 4. The Kier molecular flexibility index (Phi) is 4.47. The molecule has 1 N–H and O–H groups in total. The maximum Gasteiger partial charge on any atom is 0.327 e. The first-order valence-corrected chi connectivity index (χ1v) is 6.53. The molecule has 0 saturated heterocycles. The minimum absolute atomic E-state index is 0.0665. The lowest BCUT2D eigenvalue weighted by Gasteiger charge is -2.11. The van der Waals surface area contributed by atoms with Crippen LogP contribution in [-0.2, 0) is 22.5 Å². The van der Waals surface area contributed by atoms with Crippen LogP contribution in [0.2, 0.25) is 0 Å². The van der Waals surface area contributed by atoms with E-state index in [0.717, 1.165) is 0 Å². The van der Waals surface area contributed by atoms with Gasteiger partial charge in [0.15, 0.2) is 0 Å². The molecule has 1 heterocycles. The number of carbonyl (C=O) groups excluding carboxylic acids is 1. The van der Waals surface area contributed by atoms with Crippen LogP contribution in [0.25, 0.3) is 11.1 Å². The molecule has 0 aliphatic rings. The van der Waals surface area contributed by atoms with Gasteiger partial charge in [-0.2, -0.15) is 5.10 Å². The van der Waals surface area contributed by atoms with Gasteiger partial charge in [-0.1, -0.05) is 19.1 Å². The molecule has 0 atom stereocenters. The number of ether oxygens (including phenoxy) is 1. The molecule has 0 bridgehead atoms. The van der Waals surface area contributed by atoms with Crippen LogP contribution < -0.4 is 5.49 Å². The molecule has 0 spiro atoms. The molecule has 6 heteroatoms. The number of nitrogens with one attached hydrogen (secondary N) is 1. The van der Waals surface area contributed by atoms with E-state index in [1.807, 2.05) is 6.92 Å².